The summed E-state index contributed by atoms with van der Waals surface area (Å²) in [6.07, 6.45) is 2.49. The van der Waals surface area contributed by atoms with Crippen molar-refractivity contribution in [2.75, 3.05) is 6.61 Å². The number of para-hydroxylation sites is 1. The van der Waals surface area contributed by atoms with Gasteiger partial charge in [0.25, 0.3) is 5.91 Å². The lowest BCUT2D eigenvalue weighted by Crippen LogP contribution is -2.40. The average molecular weight is 392 g/mol. The third kappa shape index (κ3) is 4.54. The number of ketones is 1. The van der Waals surface area contributed by atoms with Crippen LogP contribution >= 0.6 is 0 Å². The number of rotatable bonds is 7. The van der Waals surface area contributed by atoms with Crippen LogP contribution in [0, 0.1) is 6.92 Å². The van der Waals surface area contributed by atoms with Crippen LogP contribution in [0.1, 0.15) is 45.7 Å². The average Bonchev–Trinajstić information content (AvgIpc) is 3.16. The molecule has 3 rings (SSSR count). The van der Waals surface area contributed by atoms with Gasteiger partial charge in [0.2, 0.25) is 5.78 Å². The number of benzene rings is 2. The Morgan fingerprint density at radius 3 is 2.62 bits per heavy atom. The molecule has 0 unspecified atom stereocenters. The zero-order chi connectivity index (χ0) is 21.0. The third-order valence-corrected chi connectivity index (χ3v) is 4.81. The minimum atomic E-state index is -0.870. The van der Waals surface area contributed by atoms with Crippen molar-refractivity contribution in [2.45, 2.75) is 33.2 Å². The van der Waals surface area contributed by atoms with E-state index in [4.69, 9.17) is 4.74 Å². The van der Waals surface area contributed by atoms with Gasteiger partial charge in [0.05, 0.1) is 0 Å². The van der Waals surface area contributed by atoms with E-state index in [0.29, 0.717) is 11.1 Å². The molecular formula is C23H24N2O4. The van der Waals surface area contributed by atoms with Gasteiger partial charge in [-0.15, -0.1) is 0 Å². The quantitative estimate of drug-likeness (QED) is 0.475. The second-order valence-corrected chi connectivity index (χ2v) is 6.99. The number of nitrogens with one attached hydrogen (secondary N) is 2. The minimum absolute atomic E-state index is 0.296. The molecule has 0 bridgehead atoms. The fraction of sp³-hybridized carbons (Fsp3) is 0.261. The van der Waals surface area contributed by atoms with Crippen molar-refractivity contribution in [3.05, 3.63) is 70.9 Å². The number of ether oxygens (including phenoxy) is 1. The Balaban J connectivity index is 1.60. The second-order valence-electron chi connectivity index (χ2n) is 6.99. The van der Waals surface area contributed by atoms with Crippen LogP contribution in [-0.4, -0.2) is 35.3 Å². The van der Waals surface area contributed by atoms with E-state index in [2.05, 4.69) is 10.3 Å². The SMILES string of the molecule is CCc1cccc2c(C(=O)COC(=O)[C@H](C)NC(=O)c3cccc(C)c3)c[nH]c12. The van der Waals surface area contributed by atoms with Crippen LogP contribution < -0.4 is 5.32 Å². The first-order valence-corrected chi connectivity index (χ1v) is 9.57. The summed E-state index contributed by atoms with van der Waals surface area (Å²) in [5.74, 6) is -1.32. The maximum absolute atomic E-state index is 12.5. The standard InChI is InChI=1S/C23H24N2O4/c1-4-16-8-6-10-18-19(12-24-21(16)18)20(26)13-29-23(28)15(3)25-22(27)17-9-5-7-14(2)11-17/h5-12,15,24H,4,13H2,1-3H3,(H,25,27)/t15-/m0/s1. The van der Waals surface area contributed by atoms with Crippen molar-refractivity contribution >= 4 is 28.6 Å². The number of hydrogen-bond donors (Lipinski definition) is 2. The maximum atomic E-state index is 12.5. The number of Topliss-reactive ketones (excluding diaryl/α,β-unsaturated/α-hetero) is 1. The summed E-state index contributed by atoms with van der Waals surface area (Å²) in [5.41, 5.74) is 3.93. The summed E-state index contributed by atoms with van der Waals surface area (Å²) < 4.78 is 5.14. The van der Waals surface area contributed by atoms with Crippen molar-refractivity contribution in [1.82, 2.24) is 10.3 Å². The number of fused-ring (bicyclic) bond motifs is 1. The molecule has 1 amide bonds. The van der Waals surface area contributed by atoms with Crippen LogP contribution in [0.2, 0.25) is 0 Å². The number of hydrogen-bond acceptors (Lipinski definition) is 4. The molecule has 2 aromatic carbocycles. The van der Waals surface area contributed by atoms with Gasteiger partial charge in [0.15, 0.2) is 6.61 Å². The van der Waals surface area contributed by atoms with Gasteiger partial charge in [0, 0.05) is 28.2 Å². The molecule has 2 N–H and O–H groups in total. The highest BCUT2D eigenvalue weighted by molar-refractivity contribution is 6.09. The number of H-pyrrole nitrogens is 1. The van der Waals surface area contributed by atoms with Crippen LogP contribution in [0.4, 0.5) is 0 Å². The molecule has 6 nitrogen and oxygen atoms in total. The molecule has 1 heterocycles. The third-order valence-electron chi connectivity index (χ3n) is 4.81. The second kappa shape index (κ2) is 8.73. The normalized spacial score (nSPS) is 11.8. The summed E-state index contributed by atoms with van der Waals surface area (Å²) in [7, 11) is 0. The predicted octanol–water partition coefficient (Wildman–Crippen LogP) is 3.58. The van der Waals surface area contributed by atoms with Gasteiger partial charge in [-0.2, -0.15) is 0 Å². The molecule has 0 saturated heterocycles. The summed E-state index contributed by atoms with van der Waals surface area (Å²) in [4.78, 5) is 40.1. The van der Waals surface area contributed by atoms with Crippen molar-refractivity contribution < 1.29 is 19.1 Å². The number of aromatic nitrogens is 1. The molecule has 0 aliphatic heterocycles. The van der Waals surface area contributed by atoms with E-state index in [-0.39, 0.29) is 18.3 Å². The Morgan fingerprint density at radius 1 is 1.14 bits per heavy atom. The number of aromatic amines is 1. The van der Waals surface area contributed by atoms with E-state index in [1.165, 1.54) is 6.92 Å². The molecule has 1 atom stereocenters. The van der Waals surface area contributed by atoms with Crippen LogP contribution in [0.25, 0.3) is 10.9 Å². The lowest BCUT2D eigenvalue weighted by atomic mass is 10.1. The van der Waals surface area contributed by atoms with Crippen LogP contribution in [0.15, 0.2) is 48.7 Å². The first-order chi connectivity index (χ1) is 13.9. The highest BCUT2D eigenvalue weighted by Gasteiger charge is 2.21. The van der Waals surface area contributed by atoms with E-state index in [1.54, 1.807) is 24.4 Å². The highest BCUT2D eigenvalue weighted by Crippen LogP contribution is 2.22. The van der Waals surface area contributed by atoms with Crippen molar-refractivity contribution in [2.24, 2.45) is 0 Å². The molecule has 150 valence electrons. The monoisotopic (exact) mass is 392 g/mol. The molecular weight excluding hydrogens is 368 g/mol. The maximum Gasteiger partial charge on any atom is 0.328 e. The van der Waals surface area contributed by atoms with Gasteiger partial charge >= 0.3 is 5.97 Å². The molecule has 0 aliphatic carbocycles. The Morgan fingerprint density at radius 2 is 1.90 bits per heavy atom. The zero-order valence-electron chi connectivity index (χ0n) is 16.7. The van der Waals surface area contributed by atoms with Gasteiger partial charge < -0.3 is 15.0 Å². The van der Waals surface area contributed by atoms with E-state index in [9.17, 15) is 14.4 Å². The van der Waals surface area contributed by atoms with Gasteiger partial charge in [-0.05, 0) is 38.0 Å². The Hall–Kier alpha value is -3.41. The summed E-state index contributed by atoms with van der Waals surface area (Å²) >= 11 is 0. The number of aryl methyl sites for hydroxylation is 2. The lowest BCUT2D eigenvalue weighted by molar-refractivity contribution is -0.144. The van der Waals surface area contributed by atoms with E-state index in [1.807, 2.05) is 38.1 Å². The Kier molecular flexibility index (Phi) is 6.12. The topological polar surface area (TPSA) is 88.3 Å². The predicted molar refractivity (Wildman–Crippen MR) is 111 cm³/mol. The molecule has 3 aromatic rings. The fourth-order valence-corrected chi connectivity index (χ4v) is 3.21. The molecule has 0 aliphatic rings. The van der Waals surface area contributed by atoms with Gasteiger partial charge in [-0.3, -0.25) is 9.59 Å². The zero-order valence-corrected chi connectivity index (χ0v) is 16.7. The van der Waals surface area contributed by atoms with Gasteiger partial charge in [-0.1, -0.05) is 42.8 Å². The van der Waals surface area contributed by atoms with Crippen molar-refractivity contribution in [1.29, 1.82) is 0 Å². The molecule has 0 spiro atoms. The van der Waals surface area contributed by atoms with Gasteiger partial charge in [0.1, 0.15) is 6.04 Å². The first kappa shape index (κ1) is 20.3. The van der Waals surface area contributed by atoms with Gasteiger partial charge in [-0.25, -0.2) is 4.79 Å². The van der Waals surface area contributed by atoms with Crippen LogP contribution in [0.5, 0.6) is 0 Å². The summed E-state index contributed by atoms with van der Waals surface area (Å²) in [6.45, 7) is 5.08. The Bertz CT molecular complexity index is 1070. The van der Waals surface area contributed by atoms with E-state index < -0.39 is 12.0 Å². The molecule has 1 aromatic heterocycles. The van der Waals surface area contributed by atoms with Crippen LogP contribution in [0.3, 0.4) is 0 Å². The molecule has 0 saturated carbocycles. The smallest absolute Gasteiger partial charge is 0.328 e. The first-order valence-electron chi connectivity index (χ1n) is 9.57. The van der Waals surface area contributed by atoms with Crippen LogP contribution in [-0.2, 0) is 16.0 Å². The van der Waals surface area contributed by atoms with E-state index in [0.717, 1.165) is 28.5 Å². The number of carbonyl (C=O) groups excluding carboxylic acids is 3. The number of esters is 1. The van der Waals surface area contributed by atoms with E-state index >= 15 is 0 Å². The minimum Gasteiger partial charge on any atom is -0.456 e. The highest BCUT2D eigenvalue weighted by atomic mass is 16.5. The number of carbonyl (C=O) groups is 3. The summed E-state index contributed by atoms with van der Waals surface area (Å²) in [6, 6.07) is 12.0. The van der Waals surface area contributed by atoms with Crippen molar-refractivity contribution in [3.63, 3.8) is 0 Å². The number of amides is 1. The largest absolute Gasteiger partial charge is 0.456 e. The molecule has 6 heteroatoms. The lowest BCUT2D eigenvalue weighted by Gasteiger charge is -2.13. The fourth-order valence-electron chi connectivity index (χ4n) is 3.21. The van der Waals surface area contributed by atoms with Crippen molar-refractivity contribution in [3.8, 4) is 0 Å². The Labute approximate surface area is 169 Å². The molecule has 29 heavy (non-hydrogen) atoms. The molecule has 0 fully saturated rings. The molecule has 0 radical (unpaired) electrons. The summed E-state index contributed by atoms with van der Waals surface area (Å²) in [5, 5.41) is 3.41.